The molecule has 1 N–H and O–H groups in total. The summed E-state index contributed by atoms with van der Waals surface area (Å²) in [7, 11) is 0. The quantitative estimate of drug-likeness (QED) is 0.802. The van der Waals surface area contributed by atoms with Gasteiger partial charge in [-0.25, -0.2) is 0 Å². The van der Waals surface area contributed by atoms with E-state index in [-0.39, 0.29) is 24.4 Å². The molecule has 0 aromatic carbocycles. The molecule has 0 bridgehead atoms. The molecule has 0 saturated carbocycles. The molecule has 2 aliphatic rings. The van der Waals surface area contributed by atoms with E-state index in [0.717, 1.165) is 65.3 Å². The highest BCUT2D eigenvalue weighted by atomic mass is 35.5. The topological polar surface area (TPSA) is 62.6 Å². The number of rotatable bonds is 6. The van der Waals surface area contributed by atoms with Crippen molar-refractivity contribution in [3.8, 4) is 0 Å². The molecule has 1 aromatic rings. The van der Waals surface area contributed by atoms with Crippen LogP contribution in [0.2, 0.25) is 0 Å². The van der Waals surface area contributed by atoms with E-state index < -0.39 is 0 Å². The second-order valence-electron chi connectivity index (χ2n) is 7.23. The highest BCUT2D eigenvalue weighted by Gasteiger charge is 2.24. The molecule has 1 unspecified atom stereocenters. The predicted molar refractivity (Wildman–Crippen MR) is 104 cm³/mol. The number of amides is 1. The van der Waals surface area contributed by atoms with E-state index in [4.69, 9.17) is 4.74 Å². The van der Waals surface area contributed by atoms with Gasteiger partial charge < -0.3 is 15.0 Å². The Kier molecular flexibility index (Phi) is 8.34. The Morgan fingerprint density at radius 2 is 2.12 bits per heavy atom. The van der Waals surface area contributed by atoms with Crippen LogP contribution in [0.4, 0.5) is 0 Å². The molecule has 148 valence electrons. The van der Waals surface area contributed by atoms with E-state index in [1.165, 1.54) is 0 Å². The van der Waals surface area contributed by atoms with Gasteiger partial charge in [-0.15, -0.1) is 12.4 Å². The number of halogens is 1. The highest BCUT2D eigenvalue weighted by Crippen LogP contribution is 2.16. The van der Waals surface area contributed by atoms with Crippen LogP contribution in [0.15, 0.2) is 12.3 Å². The van der Waals surface area contributed by atoms with E-state index >= 15 is 0 Å². The monoisotopic (exact) mass is 385 g/mol. The second-order valence-corrected chi connectivity index (χ2v) is 7.23. The number of hydrogen-bond acceptors (Lipinski definition) is 5. The van der Waals surface area contributed by atoms with Crippen LogP contribution in [-0.2, 0) is 4.74 Å². The summed E-state index contributed by atoms with van der Waals surface area (Å²) in [5, 5.41) is 7.94. The van der Waals surface area contributed by atoms with Gasteiger partial charge in [0.2, 0.25) is 0 Å². The summed E-state index contributed by atoms with van der Waals surface area (Å²) in [5.41, 5.74) is 0.571. The van der Waals surface area contributed by atoms with E-state index in [9.17, 15) is 4.79 Å². The van der Waals surface area contributed by atoms with Crippen LogP contribution in [0.3, 0.4) is 0 Å². The Bertz CT molecular complexity index is 552. The average molecular weight is 386 g/mol. The molecule has 8 heteroatoms. The van der Waals surface area contributed by atoms with Crippen LogP contribution in [0.5, 0.6) is 0 Å². The van der Waals surface area contributed by atoms with Gasteiger partial charge in [0.25, 0.3) is 5.91 Å². The summed E-state index contributed by atoms with van der Waals surface area (Å²) in [4.78, 5) is 17.0. The molecule has 3 heterocycles. The molecule has 0 radical (unpaired) electrons. The van der Waals surface area contributed by atoms with Gasteiger partial charge in [-0.2, -0.15) is 5.10 Å². The van der Waals surface area contributed by atoms with Gasteiger partial charge in [0.05, 0.1) is 18.8 Å². The molecular weight excluding hydrogens is 354 g/mol. The Balaban J connectivity index is 0.00000243. The van der Waals surface area contributed by atoms with E-state index in [2.05, 4.69) is 29.2 Å². The molecular formula is C18H32ClN5O2. The number of nitrogens with one attached hydrogen (secondary N) is 1. The summed E-state index contributed by atoms with van der Waals surface area (Å²) in [6, 6.07) is 2.23. The standard InChI is InChI=1S/C18H31N5O2.ClH/c1-15(2)25-13-12-21-8-10-22(11-9-21)18(24)17-5-7-23(20-17)16-4-3-6-19-14-16;/h5,7,15-16,19H,3-4,6,8-14H2,1-2H3;1H. The van der Waals surface area contributed by atoms with Gasteiger partial charge >= 0.3 is 0 Å². The Labute approximate surface area is 162 Å². The fourth-order valence-electron chi connectivity index (χ4n) is 3.47. The third-order valence-corrected chi connectivity index (χ3v) is 4.99. The maximum atomic E-state index is 12.7. The van der Waals surface area contributed by atoms with Gasteiger partial charge in [0.1, 0.15) is 5.69 Å². The number of aromatic nitrogens is 2. The number of carbonyl (C=O) groups excluding carboxylic acids is 1. The summed E-state index contributed by atoms with van der Waals surface area (Å²) in [5.74, 6) is 0.0561. The van der Waals surface area contributed by atoms with Crippen molar-refractivity contribution < 1.29 is 9.53 Å². The van der Waals surface area contributed by atoms with Gasteiger partial charge in [-0.05, 0) is 39.3 Å². The minimum Gasteiger partial charge on any atom is -0.377 e. The van der Waals surface area contributed by atoms with E-state index in [1.54, 1.807) is 0 Å². The number of ether oxygens (including phenoxy) is 1. The zero-order valence-corrected chi connectivity index (χ0v) is 16.7. The molecule has 1 aromatic heterocycles. The van der Waals surface area contributed by atoms with Gasteiger partial charge in [-0.1, -0.05) is 0 Å². The zero-order valence-electron chi connectivity index (χ0n) is 15.9. The lowest BCUT2D eigenvalue weighted by Gasteiger charge is -2.34. The number of carbonyl (C=O) groups is 1. The largest absolute Gasteiger partial charge is 0.377 e. The maximum absolute atomic E-state index is 12.7. The third kappa shape index (κ3) is 5.67. The Morgan fingerprint density at radius 3 is 2.77 bits per heavy atom. The molecule has 26 heavy (non-hydrogen) atoms. The lowest BCUT2D eigenvalue weighted by Crippen LogP contribution is -2.49. The molecule has 0 spiro atoms. The van der Waals surface area contributed by atoms with Crippen LogP contribution in [0.25, 0.3) is 0 Å². The first kappa shape index (κ1) is 21.2. The van der Waals surface area contributed by atoms with Crippen molar-refractivity contribution in [2.24, 2.45) is 0 Å². The summed E-state index contributed by atoms with van der Waals surface area (Å²) in [6.45, 7) is 11.1. The SMILES string of the molecule is CC(C)OCCN1CCN(C(=O)c2ccn(C3CCCNC3)n2)CC1.Cl. The first-order valence-electron chi connectivity index (χ1n) is 9.52. The molecule has 2 fully saturated rings. The molecule has 1 amide bonds. The number of piperazine rings is 1. The van der Waals surface area contributed by atoms with Crippen LogP contribution in [0.1, 0.15) is 43.2 Å². The fourth-order valence-corrected chi connectivity index (χ4v) is 3.47. The minimum atomic E-state index is 0. The molecule has 2 saturated heterocycles. The van der Waals surface area contributed by atoms with Crippen molar-refractivity contribution in [3.63, 3.8) is 0 Å². The second kappa shape index (κ2) is 10.3. The van der Waals surface area contributed by atoms with Crippen LogP contribution < -0.4 is 5.32 Å². The number of piperidine rings is 1. The van der Waals surface area contributed by atoms with Crippen LogP contribution >= 0.6 is 12.4 Å². The molecule has 2 aliphatic heterocycles. The fraction of sp³-hybridized carbons (Fsp3) is 0.778. The molecule has 0 aliphatic carbocycles. The van der Waals surface area contributed by atoms with Crippen molar-refractivity contribution in [2.75, 3.05) is 52.4 Å². The number of hydrogen-bond donors (Lipinski definition) is 1. The molecule has 3 rings (SSSR count). The van der Waals surface area contributed by atoms with Crippen molar-refractivity contribution in [1.82, 2.24) is 24.9 Å². The summed E-state index contributed by atoms with van der Waals surface area (Å²) in [6.07, 6.45) is 4.51. The van der Waals surface area contributed by atoms with Crippen molar-refractivity contribution in [2.45, 2.75) is 38.8 Å². The van der Waals surface area contributed by atoms with Crippen LogP contribution in [0, 0.1) is 0 Å². The maximum Gasteiger partial charge on any atom is 0.274 e. The van der Waals surface area contributed by atoms with Gasteiger partial charge in [0, 0.05) is 45.5 Å². The normalized spacial score (nSPS) is 21.7. The van der Waals surface area contributed by atoms with Gasteiger partial charge in [-0.3, -0.25) is 14.4 Å². The first-order valence-corrected chi connectivity index (χ1v) is 9.52. The van der Waals surface area contributed by atoms with E-state index in [0.29, 0.717) is 11.7 Å². The lowest BCUT2D eigenvalue weighted by atomic mass is 10.1. The lowest BCUT2D eigenvalue weighted by molar-refractivity contribution is 0.0404. The molecule has 1 atom stereocenters. The first-order chi connectivity index (χ1) is 12.1. The van der Waals surface area contributed by atoms with Crippen molar-refractivity contribution in [1.29, 1.82) is 0 Å². The summed E-state index contributed by atoms with van der Waals surface area (Å²) < 4.78 is 7.57. The zero-order chi connectivity index (χ0) is 17.6. The number of nitrogens with zero attached hydrogens (tertiary/aromatic N) is 4. The Morgan fingerprint density at radius 1 is 1.35 bits per heavy atom. The van der Waals surface area contributed by atoms with E-state index in [1.807, 2.05) is 21.8 Å². The average Bonchev–Trinajstić information content (AvgIpc) is 3.12. The highest BCUT2D eigenvalue weighted by molar-refractivity contribution is 5.92. The minimum absolute atomic E-state index is 0. The Hall–Kier alpha value is -1.15. The summed E-state index contributed by atoms with van der Waals surface area (Å²) >= 11 is 0. The smallest absolute Gasteiger partial charge is 0.274 e. The van der Waals surface area contributed by atoms with Crippen molar-refractivity contribution in [3.05, 3.63) is 18.0 Å². The molecule has 7 nitrogen and oxygen atoms in total. The predicted octanol–water partition coefficient (Wildman–Crippen LogP) is 1.41. The third-order valence-electron chi connectivity index (χ3n) is 4.99. The van der Waals surface area contributed by atoms with Crippen molar-refractivity contribution >= 4 is 18.3 Å². The van der Waals surface area contributed by atoms with Crippen LogP contribution in [-0.4, -0.2) is 84.0 Å². The van der Waals surface area contributed by atoms with Gasteiger partial charge in [0.15, 0.2) is 0 Å².